The van der Waals surface area contributed by atoms with Gasteiger partial charge in [-0.2, -0.15) is 4.58 Å². The van der Waals surface area contributed by atoms with Crippen molar-refractivity contribution in [1.82, 2.24) is 0 Å². The Labute approximate surface area is 400 Å². The molecule has 7 aromatic carbocycles. The van der Waals surface area contributed by atoms with Crippen LogP contribution in [0.3, 0.4) is 0 Å². The molecule has 0 aromatic heterocycles. The zero-order valence-corrected chi connectivity index (χ0v) is 39.9. The van der Waals surface area contributed by atoms with E-state index in [0.717, 1.165) is 56.6 Å². The Kier molecular flexibility index (Phi) is 14.5. The van der Waals surface area contributed by atoms with Crippen molar-refractivity contribution in [3.05, 3.63) is 238 Å². The van der Waals surface area contributed by atoms with E-state index in [4.69, 9.17) is 11.6 Å². The van der Waals surface area contributed by atoms with Crippen molar-refractivity contribution < 1.29 is 4.58 Å². The van der Waals surface area contributed by atoms with E-state index in [1.807, 2.05) is 0 Å². The highest BCUT2D eigenvalue weighted by atomic mass is 35.5. The highest BCUT2D eigenvalue weighted by Crippen LogP contribution is 2.53. The maximum Gasteiger partial charge on any atom is 0.210 e. The smallest absolute Gasteiger partial charge is 0.210 e. The Morgan fingerprint density at radius 2 is 1.06 bits per heavy atom. The zero-order chi connectivity index (χ0) is 45.2. The molecule has 0 amide bonds. The summed E-state index contributed by atoms with van der Waals surface area (Å²) in [5, 5.41) is 3.44. The minimum atomic E-state index is -0.358. The van der Waals surface area contributed by atoms with Gasteiger partial charge in [-0.05, 0) is 107 Å². The van der Waals surface area contributed by atoms with Gasteiger partial charge in [-0.1, -0.05) is 209 Å². The molecule has 0 N–H and O–H groups in total. The molecule has 0 aliphatic carbocycles. The minimum Gasteiger partial charge on any atom is -0.344 e. The van der Waals surface area contributed by atoms with E-state index >= 15 is 0 Å². The molecule has 0 saturated carbocycles. The third-order valence-corrected chi connectivity index (χ3v) is 14.6. The van der Waals surface area contributed by atoms with Crippen molar-refractivity contribution >= 4 is 39.5 Å². The van der Waals surface area contributed by atoms with Crippen LogP contribution in [-0.2, 0) is 36.5 Å². The quantitative estimate of drug-likeness (QED) is 0.0546. The standard InChI is InChI=1S/C63H66ClN2/c1-3-5-7-8-24-43-66-58-40-38-53-34-21-22-35-55(53)61(58)63(47-51-30-17-11-18-31-51,48-52-32-19-12-20-33-52)60(66)37-25-36-59-62(45-49-26-13-9-14-27-49,46-50-28-15-10-16-29-50)56-44-54(64)39-41-57(56)65(59)42-23-6-4-2/h9-22,25-41,44H,3-8,23-24,42-43,45-48H2,1-2H3/q+1. The van der Waals surface area contributed by atoms with Crippen LogP contribution in [0.4, 0.5) is 11.4 Å². The van der Waals surface area contributed by atoms with Crippen LogP contribution in [0.5, 0.6) is 0 Å². The third kappa shape index (κ3) is 9.49. The summed E-state index contributed by atoms with van der Waals surface area (Å²) in [5.41, 5.74) is 12.8. The first-order valence-corrected chi connectivity index (χ1v) is 25.2. The van der Waals surface area contributed by atoms with Crippen LogP contribution < -0.4 is 4.90 Å². The Balaban J connectivity index is 1.28. The third-order valence-electron chi connectivity index (χ3n) is 14.4. The number of benzene rings is 7. The van der Waals surface area contributed by atoms with Gasteiger partial charge in [0.2, 0.25) is 5.69 Å². The summed E-state index contributed by atoms with van der Waals surface area (Å²) in [4.78, 5) is 2.66. The van der Waals surface area contributed by atoms with E-state index in [-0.39, 0.29) is 10.8 Å². The number of halogens is 1. The fourth-order valence-electron chi connectivity index (χ4n) is 11.4. The number of allylic oxidation sites excluding steroid dienone is 4. The lowest BCUT2D eigenvalue weighted by Gasteiger charge is -2.35. The molecule has 334 valence electrons. The van der Waals surface area contributed by atoms with Gasteiger partial charge < -0.3 is 4.90 Å². The van der Waals surface area contributed by atoms with Crippen molar-refractivity contribution in [3.63, 3.8) is 0 Å². The monoisotopic (exact) mass is 885 g/mol. The van der Waals surface area contributed by atoms with E-state index in [1.54, 1.807) is 0 Å². The average Bonchev–Trinajstić information content (AvgIpc) is 3.74. The lowest BCUT2D eigenvalue weighted by molar-refractivity contribution is -0.438. The van der Waals surface area contributed by atoms with Crippen molar-refractivity contribution in [2.45, 2.75) is 102 Å². The molecule has 0 bridgehead atoms. The fraction of sp³-hybridized carbons (Fsp3) is 0.286. The number of hydrogen-bond donors (Lipinski definition) is 0. The lowest BCUT2D eigenvalue weighted by atomic mass is 9.67. The van der Waals surface area contributed by atoms with Gasteiger partial charge in [0, 0.05) is 52.5 Å². The molecule has 2 heterocycles. The number of fused-ring (bicyclic) bond motifs is 4. The number of rotatable bonds is 20. The van der Waals surface area contributed by atoms with Crippen molar-refractivity contribution in [3.8, 4) is 0 Å². The summed E-state index contributed by atoms with van der Waals surface area (Å²) >= 11 is 7.04. The summed E-state index contributed by atoms with van der Waals surface area (Å²) in [5.74, 6) is 0. The molecule has 9 rings (SSSR count). The number of nitrogens with zero attached hydrogens (tertiary/aromatic N) is 2. The second kappa shape index (κ2) is 21.1. The van der Waals surface area contributed by atoms with Crippen LogP contribution in [0.1, 0.15) is 98.6 Å². The van der Waals surface area contributed by atoms with Crippen LogP contribution in [0.2, 0.25) is 5.02 Å². The lowest BCUT2D eigenvalue weighted by Crippen LogP contribution is -2.39. The normalized spacial score (nSPS) is 15.6. The molecule has 0 unspecified atom stereocenters. The van der Waals surface area contributed by atoms with Gasteiger partial charge in [0.1, 0.15) is 6.54 Å². The maximum atomic E-state index is 7.04. The summed E-state index contributed by atoms with van der Waals surface area (Å²) in [6, 6.07) is 65.3. The van der Waals surface area contributed by atoms with Gasteiger partial charge in [0.25, 0.3) is 0 Å². The zero-order valence-electron chi connectivity index (χ0n) is 39.1. The molecule has 0 fully saturated rings. The number of anilines is 1. The summed E-state index contributed by atoms with van der Waals surface area (Å²) < 4.78 is 2.73. The van der Waals surface area contributed by atoms with Crippen molar-refractivity contribution in [1.29, 1.82) is 0 Å². The predicted molar refractivity (Wildman–Crippen MR) is 282 cm³/mol. The Morgan fingerprint density at radius 1 is 0.530 bits per heavy atom. The minimum absolute atomic E-state index is 0.338. The Bertz CT molecular complexity index is 2700. The van der Waals surface area contributed by atoms with Gasteiger partial charge in [0.05, 0.1) is 5.41 Å². The van der Waals surface area contributed by atoms with Crippen molar-refractivity contribution in [2.75, 3.05) is 18.0 Å². The van der Waals surface area contributed by atoms with E-state index in [0.29, 0.717) is 0 Å². The second-order valence-corrected chi connectivity index (χ2v) is 19.3. The molecule has 7 aromatic rings. The first kappa shape index (κ1) is 45.2. The molecule has 0 atom stereocenters. The highest BCUT2D eigenvalue weighted by Gasteiger charge is 2.52. The fourth-order valence-corrected chi connectivity index (χ4v) is 11.6. The summed E-state index contributed by atoms with van der Waals surface area (Å²) in [6.45, 7) is 6.55. The molecule has 0 radical (unpaired) electrons. The van der Waals surface area contributed by atoms with E-state index < -0.39 is 0 Å². The first-order chi connectivity index (χ1) is 32.5. The SMILES string of the molecule is CCCCCCC[N+]1=C(C=CC=C2N(CCCCC)c3ccc(Cl)cc3C2(Cc2ccccc2)Cc2ccccc2)C(Cc2ccccc2)(Cc2ccccc2)c2c1ccc1ccccc21. The average molecular weight is 887 g/mol. The second-order valence-electron chi connectivity index (χ2n) is 18.9. The van der Waals surface area contributed by atoms with Crippen molar-refractivity contribution in [2.24, 2.45) is 0 Å². The van der Waals surface area contributed by atoms with E-state index in [2.05, 4.69) is 217 Å². The van der Waals surface area contributed by atoms with Crippen LogP contribution in [-0.4, -0.2) is 23.4 Å². The van der Waals surface area contributed by atoms with Crippen LogP contribution >= 0.6 is 11.6 Å². The molecule has 2 nitrogen and oxygen atoms in total. The first-order valence-electron chi connectivity index (χ1n) is 24.8. The molecule has 2 aliphatic heterocycles. The van der Waals surface area contributed by atoms with Crippen LogP contribution in [0, 0.1) is 0 Å². The Hall–Kier alpha value is -5.96. The summed E-state index contributed by atoms with van der Waals surface area (Å²) in [7, 11) is 0. The highest BCUT2D eigenvalue weighted by molar-refractivity contribution is 6.30. The van der Waals surface area contributed by atoms with E-state index in [9.17, 15) is 0 Å². The number of unbranched alkanes of at least 4 members (excludes halogenated alkanes) is 6. The predicted octanol–water partition coefficient (Wildman–Crippen LogP) is 16.2. The van der Waals surface area contributed by atoms with Gasteiger partial charge >= 0.3 is 0 Å². The Morgan fingerprint density at radius 3 is 1.65 bits per heavy atom. The molecule has 66 heavy (non-hydrogen) atoms. The van der Waals surface area contributed by atoms with Gasteiger partial charge in [0.15, 0.2) is 5.71 Å². The van der Waals surface area contributed by atoms with Crippen LogP contribution in [0.15, 0.2) is 200 Å². The molecule has 0 saturated heterocycles. The molecule has 2 aliphatic rings. The largest absolute Gasteiger partial charge is 0.344 e. The molecular weight excluding hydrogens is 820 g/mol. The molecule has 3 heteroatoms. The van der Waals surface area contributed by atoms with Gasteiger partial charge in [-0.15, -0.1) is 0 Å². The molecular formula is C63H66ClN2+. The molecule has 0 spiro atoms. The van der Waals surface area contributed by atoms with E-state index in [1.165, 1.54) is 105 Å². The number of hydrogen-bond acceptors (Lipinski definition) is 1. The van der Waals surface area contributed by atoms with Gasteiger partial charge in [-0.3, -0.25) is 0 Å². The topological polar surface area (TPSA) is 6.25 Å². The van der Waals surface area contributed by atoms with Gasteiger partial charge in [-0.25, -0.2) is 0 Å². The maximum absolute atomic E-state index is 7.04. The summed E-state index contributed by atoms with van der Waals surface area (Å²) in [6.07, 6.45) is 20.7. The van der Waals surface area contributed by atoms with Crippen LogP contribution in [0.25, 0.3) is 10.8 Å².